The molecular formula is C14H10BrClF2. The highest BCUT2D eigenvalue weighted by molar-refractivity contribution is 9.09. The summed E-state index contributed by atoms with van der Waals surface area (Å²) >= 11 is 9.20. The van der Waals surface area contributed by atoms with Crippen LogP contribution in [0.3, 0.4) is 0 Å². The molecule has 2 aromatic carbocycles. The van der Waals surface area contributed by atoms with Gasteiger partial charge < -0.3 is 0 Å². The van der Waals surface area contributed by atoms with E-state index < -0.39 is 16.5 Å². The van der Waals surface area contributed by atoms with Crippen molar-refractivity contribution in [1.82, 2.24) is 0 Å². The van der Waals surface area contributed by atoms with Crippen LogP contribution in [0.1, 0.15) is 16.0 Å². The molecule has 4 heteroatoms. The molecule has 0 radical (unpaired) electrons. The maximum absolute atomic E-state index is 13.6. The number of hydrogen-bond donors (Lipinski definition) is 0. The van der Waals surface area contributed by atoms with Gasteiger partial charge in [-0.1, -0.05) is 45.7 Å². The van der Waals surface area contributed by atoms with E-state index in [1.807, 2.05) is 12.1 Å². The summed E-state index contributed by atoms with van der Waals surface area (Å²) in [5, 5.41) is 0.612. The Morgan fingerprint density at radius 2 is 1.67 bits per heavy atom. The van der Waals surface area contributed by atoms with Gasteiger partial charge in [-0.15, -0.1) is 0 Å². The first kappa shape index (κ1) is 13.5. The Kier molecular flexibility index (Phi) is 4.36. The molecule has 0 fully saturated rings. The first-order valence-corrected chi connectivity index (χ1v) is 6.69. The lowest BCUT2D eigenvalue weighted by molar-refractivity contribution is 0.553. The Balaban J connectivity index is 2.25. The second kappa shape index (κ2) is 5.81. The minimum absolute atomic E-state index is 0.0532. The number of hydrogen-bond acceptors (Lipinski definition) is 0. The monoisotopic (exact) mass is 330 g/mol. The topological polar surface area (TPSA) is 0 Å². The van der Waals surface area contributed by atoms with Gasteiger partial charge in [0.25, 0.3) is 0 Å². The van der Waals surface area contributed by atoms with Gasteiger partial charge in [0.15, 0.2) is 0 Å². The zero-order valence-corrected chi connectivity index (χ0v) is 11.7. The van der Waals surface area contributed by atoms with Gasteiger partial charge in [-0.2, -0.15) is 0 Å². The standard InChI is InChI=1S/C14H10BrClF2/c15-11(8-9-3-1-4-10(16)7-9)14-12(17)5-2-6-13(14)18/h1-7,11H,8H2. The summed E-state index contributed by atoms with van der Waals surface area (Å²) in [7, 11) is 0. The third kappa shape index (κ3) is 3.09. The van der Waals surface area contributed by atoms with Crippen molar-refractivity contribution in [2.75, 3.05) is 0 Å². The van der Waals surface area contributed by atoms with Crippen LogP contribution >= 0.6 is 27.5 Å². The predicted octanol–water partition coefficient (Wildman–Crippen LogP) is 5.30. The summed E-state index contributed by atoms with van der Waals surface area (Å²) in [6.07, 6.45) is 0.471. The van der Waals surface area contributed by atoms with Crippen molar-refractivity contribution in [1.29, 1.82) is 0 Å². The highest BCUT2D eigenvalue weighted by Crippen LogP contribution is 2.31. The van der Waals surface area contributed by atoms with Gasteiger partial charge in [0.05, 0.1) is 0 Å². The molecule has 0 nitrogen and oxygen atoms in total. The number of halogens is 4. The molecule has 0 saturated carbocycles. The Bertz CT molecular complexity index is 537. The van der Waals surface area contributed by atoms with E-state index in [4.69, 9.17) is 11.6 Å². The van der Waals surface area contributed by atoms with E-state index in [0.717, 1.165) is 5.56 Å². The van der Waals surface area contributed by atoms with Gasteiger partial charge in [-0.3, -0.25) is 0 Å². The fraction of sp³-hybridized carbons (Fsp3) is 0.143. The molecular weight excluding hydrogens is 322 g/mol. The van der Waals surface area contributed by atoms with E-state index in [-0.39, 0.29) is 5.56 Å². The maximum Gasteiger partial charge on any atom is 0.130 e. The molecule has 18 heavy (non-hydrogen) atoms. The largest absolute Gasteiger partial charge is 0.207 e. The zero-order valence-electron chi connectivity index (χ0n) is 9.34. The average molecular weight is 332 g/mol. The Hall–Kier alpha value is -0.930. The lowest BCUT2D eigenvalue weighted by Crippen LogP contribution is -2.02. The number of alkyl halides is 1. The van der Waals surface area contributed by atoms with E-state index in [1.54, 1.807) is 12.1 Å². The van der Waals surface area contributed by atoms with Crippen LogP contribution in [0.2, 0.25) is 5.02 Å². The molecule has 0 aliphatic heterocycles. The Morgan fingerprint density at radius 1 is 1.06 bits per heavy atom. The highest BCUT2D eigenvalue weighted by Gasteiger charge is 2.17. The summed E-state index contributed by atoms with van der Waals surface area (Å²) in [6, 6.07) is 11.1. The maximum atomic E-state index is 13.6. The van der Waals surface area contributed by atoms with E-state index in [0.29, 0.717) is 11.4 Å². The van der Waals surface area contributed by atoms with Crippen LogP contribution in [0.25, 0.3) is 0 Å². The molecule has 0 bridgehead atoms. The second-order valence-corrected chi connectivity index (χ2v) is 5.48. The smallest absolute Gasteiger partial charge is 0.130 e. The first-order valence-electron chi connectivity index (χ1n) is 5.40. The van der Waals surface area contributed by atoms with Crippen molar-refractivity contribution in [3.05, 3.63) is 70.2 Å². The normalized spacial score (nSPS) is 12.4. The minimum Gasteiger partial charge on any atom is -0.207 e. The Labute approximate surface area is 118 Å². The Morgan fingerprint density at radius 3 is 2.28 bits per heavy atom. The average Bonchev–Trinajstić information content (AvgIpc) is 2.28. The second-order valence-electron chi connectivity index (χ2n) is 3.94. The molecule has 0 aliphatic rings. The molecule has 0 aromatic heterocycles. The van der Waals surface area contributed by atoms with Crippen molar-refractivity contribution in [2.24, 2.45) is 0 Å². The van der Waals surface area contributed by atoms with Crippen molar-refractivity contribution >= 4 is 27.5 Å². The fourth-order valence-corrected chi connectivity index (χ4v) is 2.81. The lowest BCUT2D eigenvalue weighted by atomic mass is 10.0. The molecule has 0 amide bonds. The van der Waals surface area contributed by atoms with Gasteiger partial charge in [-0.25, -0.2) is 8.78 Å². The summed E-state index contributed by atoms with van der Waals surface area (Å²) in [4.78, 5) is -0.419. The van der Waals surface area contributed by atoms with Crippen LogP contribution < -0.4 is 0 Å². The molecule has 2 rings (SSSR count). The van der Waals surface area contributed by atoms with E-state index in [1.165, 1.54) is 18.2 Å². The molecule has 2 aromatic rings. The van der Waals surface area contributed by atoms with Crippen molar-refractivity contribution in [2.45, 2.75) is 11.2 Å². The summed E-state index contributed by atoms with van der Waals surface area (Å²) < 4.78 is 27.2. The first-order chi connectivity index (χ1) is 8.58. The highest BCUT2D eigenvalue weighted by atomic mass is 79.9. The van der Waals surface area contributed by atoms with Crippen LogP contribution in [-0.4, -0.2) is 0 Å². The predicted molar refractivity (Wildman–Crippen MR) is 73.2 cm³/mol. The summed E-state index contributed by atoms with van der Waals surface area (Å²) in [5.74, 6) is -1.09. The third-order valence-electron chi connectivity index (χ3n) is 2.62. The quantitative estimate of drug-likeness (QED) is 0.670. The summed E-state index contributed by atoms with van der Waals surface area (Å²) in [6.45, 7) is 0. The van der Waals surface area contributed by atoms with E-state index >= 15 is 0 Å². The van der Waals surface area contributed by atoms with Crippen LogP contribution in [0.5, 0.6) is 0 Å². The SMILES string of the molecule is Fc1cccc(F)c1C(Br)Cc1cccc(Cl)c1. The molecule has 94 valence electrons. The van der Waals surface area contributed by atoms with Crippen molar-refractivity contribution in [3.8, 4) is 0 Å². The molecule has 1 atom stereocenters. The fourth-order valence-electron chi connectivity index (χ4n) is 1.78. The van der Waals surface area contributed by atoms with Gasteiger partial charge in [0.2, 0.25) is 0 Å². The molecule has 0 heterocycles. The van der Waals surface area contributed by atoms with Crippen LogP contribution in [-0.2, 0) is 6.42 Å². The zero-order chi connectivity index (χ0) is 13.1. The van der Waals surface area contributed by atoms with Crippen molar-refractivity contribution in [3.63, 3.8) is 0 Å². The molecule has 0 spiro atoms. The van der Waals surface area contributed by atoms with Crippen molar-refractivity contribution < 1.29 is 8.78 Å². The summed E-state index contributed by atoms with van der Waals surface area (Å²) in [5.41, 5.74) is 0.976. The number of rotatable bonds is 3. The van der Waals surface area contributed by atoms with Gasteiger partial charge in [0, 0.05) is 15.4 Å². The van der Waals surface area contributed by atoms with Crippen LogP contribution in [0.15, 0.2) is 42.5 Å². The van der Waals surface area contributed by atoms with E-state index in [2.05, 4.69) is 15.9 Å². The van der Waals surface area contributed by atoms with E-state index in [9.17, 15) is 8.78 Å². The lowest BCUT2D eigenvalue weighted by Gasteiger charge is -2.12. The molecule has 0 saturated heterocycles. The van der Waals surface area contributed by atoms with Gasteiger partial charge in [0.1, 0.15) is 11.6 Å². The van der Waals surface area contributed by atoms with Gasteiger partial charge >= 0.3 is 0 Å². The van der Waals surface area contributed by atoms with Gasteiger partial charge in [-0.05, 0) is 36.2 Å². The molecule has 1 unspecified atom stereocenters. The minimum atomic E-state index is -0.543. The number of benzene rings is 2. The third-order valence-corrected chi connectivity index (χ3v) is 3.63. The molecule has 0 N–H and O–H groups in total. The van der Waals surface area contributed by atoms with Crippen LogP contribution in [0, 0.1) is 11.6 Å². The molecule has 0 aliphatic carbocycles. The van der Waals surface area contributed by atoms with Crippen LogP contribution in [0.4, 0.5) is 8.78 Å².